The summed E-state index contributed by atoms with van der Waals surface area (Å²) in [5, 5.41) is 3.03. The van der Waals surface area contributed by atoms with Crippen molar-refractivity contribution < 1.29 is 14.3 Å². The molecule has 1 saturated heterocycles. The molecule has 0 atom stereocenters. The molecule has 5 rings (SSSR count). The van der Waals surface area contributed by atoms with Gasteiger partial charge in [-0.2, -0.15) is 0 Å². The van der Waals surface area contributed by atoms with E-state index >= 15 is 0 Å². The van der Waals surface area contributed by atoms with Crippen molar-refractivity contribution in [3.8, 4) is 11.1 Å². The lowest BCUT2D eigenvalue weighted by atomic mass is 9.86. The Morgan fingerprint density at radius 3 is 2.09 bits per heavy atom. The number of nitrogens with one attached hydrogen (secondary N) is 1. The molecule has 0 unspecified atom stereocenters. The van der Waals surface area contributed by atoms with Crippen LogP contribution in [0, 0.1) is 20.8 Å². The lowest BCUT2D eigenvalue weighted by Crippen LogP contribution is -2.40. The van der Waals surface area contributed by atoms with Crippen LogP contribution in [0.4, 0.5) is 5.69 Å². The van der Waals surface area contributed by atoms with Crippen LogP contribution in [0.1, 0.15) is 63.9 Å². The van der Waals surface area contributed by atoms with Crippen molar-refractivity contribution >= 4 is 17.5 Å². The summed E-state index contributed by atoms with van der Waals surface area (Å²) in [6.45, 7) is 14.7. The maximum absolute atomic E-state index is 12.8. The summed E-state index contributed by atoms with van der Waals surface area (Å²) < 4.78 is 6.78. The van der Waals surface area contributed by atoms with Crippen LogP contribution < -0.4 is 10.9 Å². The van der Waals surface area contributed by atoms with Gasteiger partial charge >= 0.3 is 0 Å². The van der Waals surface area contributed by atoms with E-state index in [1.54, 1.807) is 22.7 Å². The van der Waals surface area contributed by atoms with Gasteiger partial charge in [-0.25, -0.2) is 0 Å². The second-order valence-corrected chi connectivity index (χ2v) is 12.2. The number of morpholine rings is 1. The number of aromatic nitrogens is 2. The van der Waals surface area contributed by atoms with Gasteiger partial charge in [0.25, 0.3) is 17.4 Å². The van der Waals surface area contributed by atoms with Gasteiger partial charge in [0.05, 0.1) is 18.8 Å². The van der Waals surface area contributed by atoms with Crippen molar-refractivity contribution in [2.45, 2.75) is 47.0 Å². The normalized spacial score (nSPS) is 13.1. The minimum atomic E-state index is -0.137. The molecule has 0 spiro atoms. The Morgan fingerprint density at radius 2 is 1.50 bits per heavy atom. The zero-order valence-corrected chi connectivity index (χ0v) is 26.7. The highest BCUT2D eigenvalue weighted by Gasteiger charge is 2.18. The number of benzene rings is 2. The second-order valence-electron chi connectivity index (χ2n) is 12.2. The first kappa shape index (κ1) is 32.4. The Morgan fingerprint density at radius 1 is 0.841 bits per heavy atom. The highest BCUT2D eigenvalue weighted by Crippen LogP contribution is 2.27. The van der Waals surface area contributed by atoms with Gasteiger partial charge in [-0.1, -0.05) is 45.0 Å². The van der Waals surface area contributed by atoms with E-state index < -0.39 is 0 Å². The molecule has 0 bridgehead atoms. The third-order valence-corrected chi connectivity index (χ3v) is 7.65. The number of hydrogen-bond acceptors (Lipinski definition) is 5. The summed E-state index contributed by atoms with van der Waals surface area (Å²) in [4.78, 5) is 42.6. The van der Waals surface area contributed by atoms with Gasteiger partial charge in [0.15, 0.2) is 0 Å². The molecule has 8 nitrogen and oxygen atoms in total. The van der Waals surface area contributed by atoms with E-state index in [9.17, 15) is 14.4 Å². The largest absolute Gasteiger partial charge is 0.378 e. The molecule has 2 amide bonds. The molecular formula is C36H42N4O4. The Labute approximate surface area is 259 Å². The van der Waals surface area contributed by atoms with E-state index in [0.717, 1.165) is 28.1 Å². The Bertz CT molecular complexity index is 1650. The molecule has 8 heteroatoms. The maximum Gasteiger partial charge on any atom is 0.255 e. The lowest BCUT2D eigenvalue weighted by Gasteiger charge is -2.26. The first-order chi connectivity index (χ1) is 20.8. The third-order valence-electron chi connectivity index (χ3n) is 7.65. The fourth-order valence-corrected chi connectivity index (χ4v) is 4.83. The van der Waals surface area contributed by atoms with Crippen LogP contribution in [0.3, 0.4) is 0 Å². The Balaban J connectivity index is 0.000000246. The number of aryl methyl sites for hydroxylation is 4. The van der Waals surface area contributed by atoms with Crippen LogP contribution in [-0.4, -0.2) is 52.6 Å². The molecule has 0 radical (unpaired) electrons. The van der Waals surface area contributed by atoms with Gasteiger partial charge in [-0.3, -0.25) is 19.4 Å². The second kappa shape index (κ2) is 13.8. The highest BCUT2D eigenvalue weighted by atomic mass is 16.5. The van der Waals surface area contributed by atoms with Crippen LogP contribution in [0.15, 0.2) is 77.9 Å². The molecule has 1 aliphatic heterocycles. The van der Waals surface area contributed by atoms with Gasteiger partial charge in [-0.05, 0) is 84.8 Å². The fourth-order valence-electron chi connectivity index (χ4n) is 4.83. The number of hydrogen-bond donors (Lipinski definition) is 1. The molecule has 230 valence electrons. The molecule has 44 heavy (non-hydrogen) atoms. The average molecular weight is 595 g/mol. The molecule has 4 aromatic rings. The van der Waals surface area contributed by atoms with Gasteiger partial charge in [0, 0.05) is 55.0 Å². The quantitative estimate of drug-likeness (QED) is 0.309. The minimum absolute atomic E-state index is 0.00640. The zero-order chi connectivity index (χ0) is 32.0. The number of carbonyl (C=O) groups excluding carboxylic acids is 2. The SMILES string of the molecule is Cc1ccc(-c2cc(C)c(=O)n(C)c2)cc1NC(=O)c1ccc(C(C)(C)C)cc1.Cc1ccc(C(=O)N2CCOCC2)cn1. The van der Waals surface area contributed by atoms with E-state index in [2.05, 4.69) is 31.1 Å². The standard InChI is InChI=1S/C25H28N2O2.C11H14N2O2/c1-16-7-8-19(20-13-17(2)24(29)27(6)15-20)14-22(16)26-23(28)18-9-11-21(12-10-18)25(3,4)5;1-9-2-3-10(8-12-9)11(14)13-4-6-15-7-5-13/h7-15H,1-6H3,(H,26,28);2-3,8H,4-7H2,1H3. The Hall–Kier alpha value is -4.56. The van der Waals surface area contributed by atoms with E-state index in [-0.39, 0.29) is 22.8 Å². The van der Waals surface area contributed by atoms with Crippen LogP contribution in [0.2, 0.25) is 0 Å². The van der Waals surface area contributed by atoms with E-state index in [1.165, 1.54) is 5.56 Å². The van der Waals surface area contributed by atoms with Crippen molar-refractivity contribution in [2.24, 2.45) is 7.05 Å². The summed E-state index contributed by atoms with van der Waals surface area (Å²) in [5.74, 6) is -0.0897. The Kier molecular flexibility index (Phi) is 10.2. The highest BCUT2D eigenvalue weighted by molar-refractivity contribution is 6.05. The number of pyridine rings is 2. The molecule has 3 heterocycles. The van der Waals surface area contributed by atoms with Gasteiger partial charge in [0.2, 0.25) is 0 Å². The van der Waals surface area contributed by atoms with Crippen LogP contribution in [0.5, 0.6) is 0 Å². The first-order valence-corrected chi connectivity index (χ1v) is 14.8. The summed E-state index contributed by atoms with van der Waals surface area (Å²) in [6.07, 6.45) is 3.45. The molecular weight excluding hydrogens is 552 g/mol. The van der Waals surface area contributed by atoms with E-state index in [0.29, 0.717) is 43.0 Å². The monoisotopic (exact) mass is 594 g/mol. The topological polar surface area (TPSA) is 93.5 Å². The molecule has 1 N–H and O–H groups in total. The average Bonchev–Trinajstić information content (AvgIpc) is 3.01. The summed E-state index contributed by atoms with van der Waals surface area (Å²) in [6, 6.07) is 19.2. The summed E-state index contributed by atoms with van der Waals surface area (Å²) in [7, 11) is 1.75. The molecule has 2 aromatic heterocycles. The summed E-state index contributed by atoms with van der Waals surface area (Å²) >= 11 is 0. The van der Waals surface area contributed by atoms with Crippen LogP contribution in [0.25, 0.3) is 11.1 Å². The summed E-state index contributed by atoms with van der Waals surface area (Å²) in [5.41, 5.74) is 7.77. The minimum Gasteiger partial charge on any atom is -0.378 e. The zero-order valence-electron chi connectivity index (χ0n) is 26.7. The van der Waals surface area contributed by atoms with Crippen molar-refractivity contribution in [1.29, 1.82) is 0 Å². The molecule has 0 aliphatic carbocycles. The van der Waals surface area contributed by atoms with Gasteiger partial charge < -0.3 is 19.5 Å². The number of nitrogens with zero attached hydrogens (tertiary/aromatic N) is 3. The van der Waals surface area contributed by atoms with E-state index in [1.807, 2.05) is 87.6 Å². The third kappa shape index (κ3) is 8.08. The lowest BCUT2D eigenvalue weighted by molar-refractivity contribution is 0.0302. The van der Waals surface area contributed by atoms with Crippen LogP contribution in [-0.2, 0) is 17.2 Å². The van der Waals surface area contributed by atoms with Crippen molar-refractivity contribution in [1.82, 2.24) is 14.5 Å². The van der Waals surface area contributed by atoms with E-state index in [4.69, 9.17) is 4.74 Å². The fraction of sp³-hybridized carbons (Fsp3) is 0.333. The first-order valence-electron chi connectivity index (χ1n) is 14.8. The number of rotatable bonds is 4. The molecule has 0 saturated carbocycles. The predicted octanol–water partition coefficient (Wildman–Crippen LogP) is 6.08. The van der Waals surface area contributed by atoms with Crippen molar-refractivity contribution in [3.63, 3.8) is 0 Å². The molecule has 2 aromatic carbocycles. The molecule has 1 fully saturated rings. The van der Waals surface area contributed by atoms with Gasteiger partial charge in [0.1, 0.15) is 0 Å². The van der Waals surface area contributed by atoms with Gasteiger partial charge in [-0.15, -0.1) is 0 Å². The van der Waals surface area contributed by atoms with Crippen molar-refractivity contribution in [2.75, 3.05) is 31.6 Å². The number of ether oxygens (including phenoxy) is 1. The number of amides is 2. The van der Waals surface area contributed by atoms with Crippen molar-refractivity contribution in [3.05, 3.63) is 117 Å². The molecule has 1 aliphatic rings. The predicted molar refractivity (Wildman–Crippen MR) is 175 cm³/mol. The number of anilines is 1. The maximum atomic E-state index is 12.8. The van der Waals surface area contributed by atoms with Crippen LogP contribution >= 0.6 is 0 Å². The number of carbonyl (C=O) groups is 2. The smallest absolute Gasteiger partial charge is 0.255 e.